The van der Waals surface area contributed by atoms with Gasteiger partial charge in [-0.05, 0) is 77.5 Å². The zero-order valence-electron chi connectivity index (χ0n) is 16.4. The summed E-state index contributed by atoms with van der Waals surface area (Å²) in [4.78, 5) is 0. The molecule has 0 bridgehead atoms. The Balaban J connectivity index is 1.73. The quantitative estimate of drug-likeness (QED) is 0.359. The fourth-order valence-electron chi connectivity index (χ4n) is 2.80. The van der Waals surface area contributed by atoms with E-state index in [1.807, 2.05) is 43.3 Å². The van der Waals surface area contributed by atoms with Crippen molar-refractivity contribution in [2.45, 2.75) is 20.1 Å². The molecule has 3 aromatic carbocycles. The SMILES string of the molecule is CCOc1cc(CNc2ccc(OC)cc2)cc(I)c1OCc1ccccc1F. The number of halogens is 2. The molecule has 6 heteroatoms. The highest BCUT2D eigenvalue weighted by Gasteiger charge is 2.13. The third-order valence-corrected chi connectivity index (χ3v) is 5.09. The number of nitrogens with one attached hydrogen (secondary N) is 1. The van der Waals surface area contributed by atoms with E-state index >= 15 is 0 Å². The Bertz CT molecular complexity index is 947. The monoisotopic (exact) mass is 507 g/mol. The first-order chi connectivity index (χ1) is 14.1. The molecule has 1 N–H and O–H groups in total. The molecule has 0 saturated carbocycles. The maximum Gasteiger partial charge on any atom is 0.174 e. The normalized spacial score (nSPS) is 10.5. The number of hydrogen-bond donors (Lipinski definition) is 1. The summed E-state index contributed by atoms with van der Waals surface area (Å²) in [5, 5.41) is 3.39. The fourth-order valence-corrected chi connectivity index (χ4v) is 3.63. The van der Waals surface area contributed by atoms with Crippen LogP contribution in [0.1, 0.15) is 18.1 Å². The molecule has 29 heavy (non-hydrogen) atoms. The standard InChI is InChI=1S/C23H23FINO3/c1-3-28-22-13-16(14-26-18-8-10-19(27-2)11-9-18)12-21(25)23(22)29-15-17-6-4-5-7-20(17)24/h4-13,26H,3,14-15H2,1-2H3. The Hall–Kier alpha value is -2.48. The van der Waals surface area contributed by atoms with Crippen LogP contribution in [0.4, 0.5) is 10.1 Å². The van der Waals surface area contributed by atoms with Crippen LogP contribution < -0.4 is 19.5 Å². The lowest BCUT2D eigenvalue weighted by Gasteiger charge is -2.16. The molecule has 152 valence electrons. The molecule has 0 heterocycles. The molecule has 0 unspecified atom stereocenters. The van der Waals surface area contributed by atoms with Gasteiger partial charge in [0, 0.05) is 17.8 Å². The zero-order valence-corrected chi connectivity index (χ0v) is 18.5. The van der Waals surface area contributed by atoms with Gasteiger partial charge in [-0.2, -0.15) is 0 Å². The molecule has 0 radical (unpaired) electrons. The second-order valence-electron chi connectivity index (χ2n) is 6.30. The van der Waals surface area contributed by atoms with E-state index in [1.54, 1.807) is 25.3 Å². The molecule has 0 amide bonds. The highest BCUT2D eigenvalue weighted by Crippen LogP contribution is 2.35. The van der Waals surface area contributed by atoms with Crippen LogP contribution in [0.5, 0.6) is 17.2 Å². The number of hydrogen-bond acceptors (Lipinski definition) is 4. The molecule has 0 aromatic heterocycles. The molecule has 0 aliphatic rings. The van der Waals surface area contributed by atoms with Crippen LogP contribution in [0.25, 0.3) is 0 Å². The highest BCUT2D eigenvalue weighted by molar-refractivity contribution is 14.1. The van der Waals surface area contributed by atoms with E-state index in [1.165, 1.54) is 6.07 Å². The Morgan fingerprint density at radius 2 is 1.76 bits per heavy atom. The molecule has 0 fully saturated rings. The van der Waals surface area contributed by atoms with Gasteiger partial charge in [-0.25, -0.2) is 4.39 Å². The van der Waals surface area contributed by atoms with Crippen LogP contribution in [0.2, 0.25) is 0 Å². The van der Waals surface area contributed by atoms with Crippen LogP contribution in [0.3, 0.4) is 0 Å². The first kappa shape index (κ1) is 21.2. The summed E-state index contributed by atoms with van der Waals surface area (Å²) in [7, 11) is 1.65. The van der Waals surface area contributed by atoms with Gasteiger partial charge < -0.3 is 19.5 Å². The lowest BCUT2D eigenvalue weighted by Crippen LogP contribution is -2.05. The summed E-state index contributed by atoms with van der Waals surface area (Å²) in [5.41, 5.74) is 2.57. The molecular formula is C23H23FINO3. The Morgan fingerprint density at radius 3 is 2.45 bits per heavy atom. The average molecular weight is 507 g/mol. The smallest absolute Gasteiger partial charge is 0.174 e. The molecule has 0 spiro atoms. The van der Waals surface area contributed by atoms with Crippen molar-refractivity contribution < 1.29 is 18.6 Å². The second-order valence-corrected chi connectivity index (χ2v) is 7.46. The third-order valence-electron chi connectivity index (χ3n) is 4.29. The largest absolute Gasteiger partial charge is 0.497 e. The summed E-state index contributed by atoms with van der Waals surface area (Å²) in [6, 6.07) is 18.4. The first-order valence-corrected chi connectivity index (χ1v) is 10.4. The summed E-state index contributed by atoms with van der Waals surface area (Å²) < 4.78 is 31.7. The van der Waals surface area contributed by atoms with E-state index in [-0.39, 0.29) is 12.4 Å². The third kappa shape index (κ3) is 5.76. The van der Waals surface area contributed by atoms with Crippen LogP contribution >= 0.6 is 22.6 Å². The van der Waals surface area contributed by atoms with Crippen molar-refractivity contribution in [3.05, 3.63) is 81.2 Å². The molecule has 3 rings (SSSR count). The Kier molecular flexibility index (Phi) is 7.57. The zero-order chi connectivity index (χ0) is 20.6. The first-order valence-electron chi connectivity index (χ1n) is 9.30. The molecule has 0 atom stereocenters. The number of anilines is 1. The van der Waals surface area contributed by atoms with Crippen molar-refractivity contribution in [1.82, 2.24) is 0 Å². The van der Waals surface area contributed by atoms with E-state index in [0.29, 0.717) is 30.2 Å². The Labute approximate surface area is 184 Å². The number of ether oxygens (including phenoxy) is 3. The second kappa shape index (κ2) is 10.3. The van der Waals surface area contributed by atoms with Crippen molar-refractivity contribution in [3.63, 3.8) is 0 Å². The fraction of sp³-hybridized carbons (Fsp3) is 0.217. The molecule has 4 nitrogen and oxygen atoms in total. The van der Waals surface area contributed by atoms with Crippen molar-refractivity contribution in [2.24, 2.45) is 0 Å². The molecule has 0 aliphatic carbocycles. The van der Waals surface area contributed by atoms with Gasteiger partial charge in [-0.15, -0.1) is 0 Å². The van der Waals surface area contributed by atoms with Crippen molar-refractivity contribution >= 4 is 28.3 Å². The molecule has 0 aliphatic heterocycles. The lowest BCUT2D eigenvalue weighted by molar-refractivity contribution is 0.264. The summed E-state index contributed by atoms with van der Waals surface area (Å²) >= 11 is 2.22. The average Bonchev–Trinajstić information content (AvgIpc) is 2.73. The van der Waals surface area contributed by atoms with Gasteiger partial charge in [-0.1, -0.05) is 18.2 Å². The maximum absolute atomic E-state index is 13.9. The minimum atomic E-state index is -0.277. The molecular weight excluding hydrogens is 484 g/mol. The van der Waals surface area contributed by atoms with Crippen LogP contribution in [0.15, 0.2) is 60.7 Å². The molecule has 0 saturated heterocycles. The predicted octanol–water partition coefficient (Wildman–Crippen LogP) is 6.03. The van der Waals surface area contributed by atoms with E-state index in [2.05, 4.69) is 27.9 Å². The van der Waals surface area contributed by atoms with Gasteiger partial charge >= 0.3 is 0 Å². The summed E-state index contributed by atoms with van der Waals surface area (Å²) in [5.74, 6) is 1.83. The van der Waals surface area contributed by atoms with Crippen molar-refractivity contribution in [2.75, 3.05) is 19.0 Å². The highest BCUT2D eigenvalue weighted by atomic mass is 127. The van der Waals surface area contributed by atoms with Gasteiger partial charge in [0.2, 0.25) is 0 Å². The maximum atomic E-state index is 13.9. The van der Waals surface area contributed by atoms with Crippen LogP contribution in [-0.4, -0.2) is 13.7 Å². The number of methoxy groups -OCH3 is 1. The summed E-state index contributed by atoms with van der Waals surface area (Å²) in [6.07, 6.45) is 0. The van der Waals surface area contributed by atoms with Gasteiger partial charge in [-0.3, -0.25) is 0 Å². The van der Waals surface area contributed by atoms with Gasteiger partial charge in [0.25, 0.3) is 0 Å². The number of benzene rings is 3. The van der Waals surface area contributed by atoms with E-state index in [9.17, 15) is 4.39 Å². The summed E-state index contributed by atoms with van der Waals surface area (Å²) in [6.45, 7) is 3.22. The van der Waals surface area contributed by atoms with E-state index < -0.39 is 0 Å². The Morgan fingerprint density at radius 1 is 1.00 bits per heavy atom. The minimum absolute atomic E-state index is 0.145. The minimum Gasteiger partial charge on any atom is -0.497 e. The number of rotatable bonds is 9. The van der Waals surface area contributed by atoms with E-state index in [0.717, 1.165) is 20.6 Å². The van der Waals surface area contributed by atoms with Crippen LogP contribution in [-0.2, 0) is 13.2 Å². The van der Waals surface area contributed by atoms with Crippen LogP contribution in [0, 0.1) is 9.39 Å². The van der Waals surface area contributed by atoms with Crippen molar-refractivity contribution in [3.8, 4) is 17.2 Å². The van der Waals surface area contributed by atoms with E-state index in [4.69, 9.17) is 14.2 Å². The predicted molar refractivity (Wildman–Crippen MR) is 121 cm³/mol. The van der Waals surface area contributed by atoms with Gasteiger partial charge in [0.05, 0.1) is 17.3 Å². The van der Waals surface area contributed by atoms with Gasteiger partial charge in [0.1, 0.15) is 18.2 Å². The lowest BCUT2D eigenvalue weighted by atomic mass is 10.2. The van der Waals surface area contributed by atoms with Crippen molar-refractivity contribution in [1.29, 1.82) is 0 Å². The topological polar surface area (TPSA) is 39.7 Å². The molecule has 3 aromatic rings. The van der Waals surface area contributed by atoms with Gasteiger partial charge in [0.15, 0.2) is 11.5 Å².